The molecular formula is C19H18ClFN6O. The van der Waals surface area contributed by atoms with Crippen molar-refractivity contribution in [2.24, 2.45) is 0 Å². The summed E-state index contributed by atoms with van der Waals surface area (Å²) in [6.45, 7) is 1.90. The van der Waals surface area contributed by atoms with E-state index in [4.69, 9.17) is 21.3 Å². The minimum atomic E-state index is -0.605. The van der Waals surface area contributed by atoms with Crippen LogP contribution >= 0.6 is 11.6 Å². The molecule has 0 aliphatic carbocycles. The van der Waals surface area contributed by atoms with E-state index in [0.717, 1.165) is 25.3 Å². The first kappa shape index (κ1) is 17.4. The van der Waals surface area contributed by atoms with E-state index in [1.165, 1.54) is 13.4 Å². The summed E-state index contributed by atoms with van der Waals surface area (Å²) in [5.74, 6) is 0.976. The molecule has 2 aromatic heterocycles. The Morgan fingerprint density at radius 1 is 1.29 bits per heavy atom. The van der Waals surface area contributed by atoms with Crippen LogP contribution in [0.4, 0.5) is 21.7 Å². The summed E-state index contributed by atoms with van der Waals surface area (Å²) in [5, 5.41) is 6.40. The standard InChI is InChI=1S/C19H18ClFN6O/c1-28-14-4-2-12(17(21)16(14)20)25-19-18-13(23-9-24-19)3-5-15(26-18)27-8-10-6-11(27)7-22-10/h2-5,9-11,22H,6-8H2,1H3,(H,23,24,25)/t10-,11-/m0/s1. The molecule has 28 heavy (non-hydrogen) atoms. The van der Waals surface area contributed by atoms with Crippen LogP contribution < -0.4 is 20.3 Å². The van der Waals surface area contributed by atoms with E-state index in [1.54, 1.807) is 12.1 Å². The van der Waals surface area contributed by atoms with Crippen LogP contribution in [0, 0.1) is 5.82 Å². The predicted octanol–water partition coefficient (Wildman–Crippen LogP) is 3.12. The van der Waals surface area contributed by atoms with Gasteiger partial charge in [0, 0.05) is 25.2 Å². The Labute approximate surface area is 165 Å². The maximum Gasteiger partial charge on any atom is 0.169 e. The van der Waals surface area contributed by atoms with E-state index in [-0.39, 0.29) is 16.5 Å². The number of piperazine rings is 1. The van der Waals surface area contributed by atoms with E-state index in [1.807, 2.05) is 12.1 Å². The number of aromatic nitrogens is 3. The van der Waals surface area contributed by atoms with Crippen LogP contribution in [0.3, 0.4) is 0 Å². The zero-order valence-corrected chi connectivity index (χ0v) is 15.9. The Kier molecular flexibility index (Phi) is 4.17. The molecule has 2 aliphatic heterocycles. The smallest absolute Gasteiger partial charge is 0.169 e. The zero-order chi connectivity index (χ0) is 19.3. The lowest BCUT2D eigenvalue weighted by Crippen LogP contribution is -2.44. The third-order valence-electron chi connectivity index (χ3n) is 5.34. The topological polar surface area (TPSA) is 75.2 Å². The first-order valence-electron chi connectivity index (χ1n) is 9.05. The second-order valence-electron chi connectivity index (χ2n) is 6.97. The molecule has 2 N–H and O–H groups in total. The van der Waals surface area contributed by atoms with Crippen molar-refractivity contribution in [3.8, 4) is 5.75 Å². The normalized spacial score (nSPS) is 20.8. The van der Waals surface area contributed by atoms with Crippen LogP contribution in [0.25, 0.3) is 11.0 Å². The highest BCUT2D eigenvalue weighted by Gasteiger charge is 2.38. The Balaban J connectivity index is 1.53. The fourth-order valence-electron chi connectivity index (χ4n) is 3.94. The Bertz CT molecular complexity index is 1060. The van der Waals surface area contributed by atoms with Crippen LogP contribution in [-0.4, -0.2) is 47.2 Å². The molecule has 0 unspecified atom stereocenters. The van der Waals surface area contributed by atoms with Gasteiger partial charge in [-0.25, -0.2) is 19.3 Å². The summed E-state index contributed by atoms with van der Waals surface area (Å²) in [5.41, 5.74) is 1.47. The maximum atomic E-state index is 14.6. The van der Waals surface area contributed by atoms with Crippen LogP contribution in [-0.2, 0) is 0 Å². The van der Waals surface area contributed by atoms with E-state index in [0.29, 0.717) is 28.9 Å². The highest BCUT2D eigenvalue weighted by Crippen LogP contribution is 2.34. The molecule has 2 fully saturated rings. The van der Waals surface area contributed by atoms with Crippen LogP contribution in [0.5, 0.6) is 5.75 Å². The van der Waals surface area contributed by atoms with Gasteiger partial charge in [0.25, 0.3) is 0 Å². The number of nitrogens with one attached hydrogen (secondary N) is 2. The third kappa shape index (κ3) is 2.80. The van der Waals surface area contributed by atoms with Gasteiger partial charge in [0.05, 0.1) is 18.3 Å². The molecule has 0 saturated carbocycles. The van der Waals surface area contributed by atoms with Crippen molar-refractivity contribution in [3.63, 3.8) is 0 Å². The molecule has 0 radical (unpaired) electrons. The number of halogens is 2. The molecular weight excluding hydrogens is 383 g/mol. The highest BCUT2D eigenvalue weighted by atomic mass is 35.5. The van der Waals surface area contributed by atoms with Crippen molar-refractivity contribution in [2.45, 2.75) is 18.5 Å². The van der Waals surface area contributed by atoms with Crippen LogP contribution in [0.2, 0.25) is 5.02 Å². The number of ether oxygens (including phenoxy) is 1. The van der Waals surface area contributed by atoms with Gasteiger partial charge >= 0.3 is 0 Å². The van der Waals surface area contributed by atoms with Crippen molar-refractivity contribution in [1.82, 2.24) is 20.3 Å². The van der Waals surface area contributed by atoms with E-state index >= 15 is 0 Å². The number of anilines is 3. The molecule has 9 heteroatoms. The van der Waals surface area contributed by atoms with Gasteiger partial charge in [0.1, 0.15) is 28.4 Å². The molecule has 2 aliphatic rings. The summed E-state index contributed by atoms with van der Waals surface area (Å²) in [6, 6.07) is 8.02. The predicted molar refractivity (Wildman–Crippen MR) is 106 cm³/mol. The van der Waals surface area contributed by atoms with Gasteiger partial charge in [0.2, 0.25) is 0 Å². The minimum absolute atomic E-state index is 0.0832. The summed E-state index contributed by atoms with van der Waals surface area (Å²) in [7, 11) is 1.44. The minimum Gasteiger partial charge on any atom is -0.495 e. The SMILES string of the molecule is COc1ccc(Nc2ncnc3ccc(N4C[C@@H]5C[C@H]4CN5)nc23)c(F)c1Cl. The van der Waals surface area contributed by atoms with Gasteiger partial charge < -0.3 is 20.3 Å². The van der Waals surface area contributed by atoms with Crippen molar-refractivity contribution in [1.29, 1.82) is 0 Å². The van der Waals surface area contributed by atoms with E-state index < -0.39 is 5.82 Å². The van der Waals surface area contributed by atoms with Crippen molar-refractivity contribution in [2.75, 3.05) is 30.4 Å². The lowest BCUT2D eigenvalue weighted by Gasteiger charge is -2.28. The van der Waals surface area contributed by atoms with Gasteiger partial charge in [-0.15, -0.1) is 0 Å². The lowest BCUT2D eigenvalue weighted by atomic mass is 10.2. The van der Waals surface area contributed by atoms with Gasteiger partial charge in [-0.2, -0.15) is 0 Å². The molecule has 1 aromatic carbocycles. The second kappa shape index (κ2) is 6.72. The van der Waals surface area contributed by atoms with Gasteiger partial charge in [-0.05, 0) is 30.7 Å². The quantitative estimate of drug-likeness (QED) is 0.696. The monoisotopic (exact) mass is 400 g/mol. The summed E-state index contributed by atoms with van der Waals surface area (Å²) >= 11 is 6.03. The Morgan fingerprint density at radius 2 is 2.18 bits per heavy atom. The molecule has 2 bridgehead atoms. The van der Waals surface area contributed by atoms with Gasteiger partial charge in [0.15, 0.2) is 11.6 Å². The number of methoxy groups -OCH3 is 1. The first-order valence-corrected chi connectivity index (χ1v) is 9.42. The fourth-order valence-corrected chi connectivity index (χ4v) is 4.18. The van der Waals surface area contributed by atoms with E-state index in [9.17, 15) is 4.39 Å². The number of nitrogens with zero attached hydrogens (tertiary/aromatic N) is 4. The molecule has 5 rings (SSSR count). The maximum absolute atomic E-state index is 14.6. The summed E-state index contributed by atoms with van der Waals surface area (Å²) < 4.78 is 19.7. The fraction of sp³-hybridized carbons (Fsp3) is 0.316. The molecule has 144 valence electrons. The number of benzene rings is 1. The molecule has 4 heterocycles. The van der Waals surface area contributed by atoms with Crippen molar-refractivity contribution >= 4 is 40.0 Å². The third-order valence-corrected chi connectivity index (χ3v) is 5.69. The number of hydrogen-bond acceptors (Lipinski definition) is 7. The largest absolute Gasteiger partial charge is 0.495 e. The highest BCUT2D eigenvalue weighted by molar-refractivity contribution is 6.32. The number of hydrogen-bond donors (Lipinski definition) is 2. The average molecular weight is 401 g/mol. The summed E-state index contributed by atoms with van der Waals surface area (Å²) in [4.78, 5) is 15.7. The number of pyridine rings is 1. The first-order chi connectivity index (χ1) is 13.6. The second-order valence-corrected chi connectivity index (χ2v) is 7.35. The van der Waals surface area contributed by atoms with Crippen LogP contribution in [0.15, 0.2) is 30.6 Å². The molecule has 3 aromatic rings. The van der Waals surface area contributed by atoms with Crippen molar-refractivity contribution in [3.05, 3.63) is 41.4 Å². The number of fused-ring (bicyclic) bond motifs is 3. The molecule has 7 nitrogen and oxygen atoms in total. The Hall–Kier alpha value is -2.71. The summed E-state index contributed by atoms with van der Waals surface area (Å²) in [6.07, 6.45) is 2.56. The van der Waals surface area contributed by atoms with Crippen molar-refractivity contribution < 1.29 is 9.13 Å². The van der Waals surface area contributed by atoms with Gasteiger partial charge in [-0.3, -0.25) is 0 Å². The zero-order valence-electron chi connectivity index (χ0n) is 15.1. The molecule has 0 amide bonds. The average Bonchev–Trinajstić information content (AvgIpc) is 3.35. The number of rotatable bonds is 4. The molecule has 2 atom stereocenters. The lowest BCUT2D eigenvalue weighted by molar-refractivity contribution is 0.412. The van der Waals surface area contributed by atoms with E-state index in [2.05, 4.69) is 25.5 Å². The molecule has 2 saturated heterocycles. The van der Waals surface area contributed by atoms with Gasteiger partial charge in [-0.1, -0.05) is 11.6 Å². The van der Waals surface area contributed by atoms with Crippen LogP contribution in [0.1, 0.15) is 6.42 Å². The molecule has 0 spiro atoms. The Morgan fingerprint density at radius 3 is 2.93 bits per heavy atom.